The Morgan fingerprint density at radius 3 is 2.89 bits per heavy atom. The lowest BCUT2D eigenvalue weighted by molar-refractivity contribution is 0.561. The van der Waals surface area contributed by atoms with Crippen LogP contribution < -0.4 is 5.32 Å². The molecule has 0 amide bonds. The Labute approximate surface area is 110 Å². The van der Waals surface area contributed by atoms with E-state index in [9.17, 15) is 8.78 Å². The molecule has 0 unspecified atom stereocenters. The van der Waals surface area contributed by atoms with E-state index >= 15 is 0 Å². The lowest BCUT2D eigenvalue weighted by Gasteiger charge is -2.09. The van der Waals surface area contributed by atoms with Crippen LogP contribution in [-0.2, 0) is 13.1 Å². The zero-order valence-electron chi connectivity index (χ0n) is 10.4. The number of hydrogen-bond acceptors (Lipinski definition) is 2. The quantitative estimate of drug-likeness (QED) is 0.898. The highest BCUT2D eigenvalue weighted by Gasteiger charge is 2.20. The van der Waals surface area contributed by atoms with Gasteiger partial charge in [-0.15, -0.1) is 0 Å². The van der Waals surface area contributed by atoms with Crippen molar-refractivity contribution in [3.63, 3.8) is 0 Å². The summed E-state index contributed by atoms with van der Waals surface area (Å²) < 4.78 is 28.3. The second-order valence-corrected chi connectivity index (χ2v) is 4.90. The number of halogens is 2. The van der Waals surface area contributed by atoms with E-state index < -0.39 is 11.6 Å². The van der Waals surface area contributed by atoms with Crippen LogP contribution in [0.4, 0.5) is 8.78 Å². The predicted molar refractivity (Wildman–Crippen MR) is 67.5 cm³/mol. The van der Waals surface area contributed by atoms with Gasteiger partial charge in [-0.2, -0.15) is 0 Å². The molecule has 1 aromatic carbocycles. The van der Waals surface area contributed by atoms with Crippen LogP contribution in [0.1, 0.15) is 24.1 Å². The van der Waals surface area contributed by atoms with E-state index in [0.717, 1.165) is 18.3 Å². The summed E-state index contributed by atoms with van der Waals surface area (Å²) in [6.07, 6.45) is 5.89. The molecule has 1 aromatic heterocycles. The highest BCUT2D eigenvalue weighted by Crippen LogP contribution is 2.19. The highest BCUT2D eigenvalue weighted by molar-refractivity contribution is 5.19. The molecule has 3 nitrogen and oxygen atoms in total. The molecule has 0 atom stereocenters. The van der Waals surface area contributed by atoms with Crippen molar-refractivity contribution in [3.05, 3.63) is 53.6 Å². The number of rotatable bonds is 5. The fourth-order valence-corrected chi connectivity index (χ4v) is 2.01. The maximum Gasteiger partial charge on any atom is 0.131 e. The summed E-state index contributed by atoms with van der Waals surface area (Å²) in [5.41, 5.74) is 1.47. The van der Waals surface area contributed by atoms with E-state index in [1.807, 2.05) is 4.57 Å². The van der Waals surface area contributed by atoms with Gasteiger partial charge in [0.1, 0.15) is 11.6 Å². The van der Waals surface area contributed by atoms with Gasteiger partial charge >= 0.3 is 0 Å². The van der Waals surface area contributed by atoms with E-state index in [1.165, 1.54) is 25.0 Å². The van der Waals surface area contributed by atoms with Crippen molar-refractivity contribution < 1.29 is 8.78 Å². The van der Waals surface area contributed by atoms with Gasteiger partial charge in [0.05, 0.1) is 18.6 Å². The third-order valence-corrected chi connectivity index (χ3v) is 3.30. The van der Waals surface area contributed by atoms with Crippen LogP contribution >= 0.6 is 0 Å². The first kappa shape index (κ1) is 12.3. The first-order valence-electron chi connectivity index (χ1n) is 6.38. The first-order valence-corrected chi connectivity index (χ1v) is 6.38. The summed E-state index contributed by atoms with van der Waals surface area (Å²) in [7, 11) is 0. The van der Waals surface area contributed by atoms with Crippen molar-refractivity contribution >= 4 is 0 Å². The van der Waals surface area contributed by atoms with E-state index in [-0.39, 0.29) is 0 Å². The second kappa shape index (κ2) is 5.09. The molecular weight excluding hydrogens is 248 g/mol. The van der Waals surface area contributed by atoms with E-state index in [4.69, 9.17) is 0 Å². The standard InChI is InChI=1S/C14H15F2N3/c15-11-2-1-10(14(16)5-11)8-19-9-17-6-13(19)7-18-12-3-4-12/h1-2,5-6,9,12,18H,3-4,7-8H2. The first-order chi connectivity index (χ1) is 9.22. The molecule has 0 radical (unpaired) electrons. The molecule has 1 aliphatic rings. The summed E-state index contributed by atoms with van der Waals surface area (Å²) in [5.74, 6) is -1.07. The normalized spacial score (nSPS) is 14.8. The van der Waals surface area contributed by atoms with Crippen molar-refractivity contribution in [2.75, 3.05) is 0 Å². The Morgan fingerprint density at radius 2 is 2.16 bits per heavy atom. The molecule has 0 spiro atoms. The van der Waals surface area contributed by atoms with Crippen molar-refractivity contribution in [2.45, 2.75) is 32.0 Å². The third kappa shape index (κ3) is 2.98. The molecule has 3 rings (SSSR count). The van der Waals surface area contributed by atoms with Gasteiger partial charge in [-0.25, -0.2) is 13.8 Å². The fraction of sp³-hybridized carbons (Fsp3) is 0.357. The largest absolute Gasteiger partial charge is 0.329 e. The Morgan fingerprint density at radius 1 is 1.32 bits per heavy atom. The van der Waals surface area contributed by atoms with Crippen LogP contribution in [0.15, 0.2) is 30.7 Å². The topological polar surface area (TPSA) is 29.9 Å². The summed E-state index contributed by atoms with van der Waals surface area (Å²) in [4.78, 5) is 4.09. The predicted octanol–water partition coefficient (Wildman–Crippen LogP) is 2.46. The lowest BCUT2D eigenvalue weighted by Crippen LogP contribution is -2.18. The van der Waals surface area contributed by atoms with Gasteiger partial charge in [0.25, 0.3) is 0 Å². The Hall–Kier alpha value is -1.75. The molecule has 19 heavy (non-hydrogen) atoms. The van der Waals surface area contributed by atoms with Crippen LogP contribution in [-0.4, -0.2) is 15.6 Å². The zero-order chi connectivity index (χ0) is 13.2. The van der Waals surface area contributed by atoms with Crippen molar-refractivity contribution in [1.29, 1.82) is 0 Å². The average molecular weight is 263 g/mol. The molecule has 1 fully saturated rings. The fourth-order valence-electron chi connectivity index (χ4n) is 2.01. The van der Waals surface area contributed by atoms with Crippen molar-refractivity contribution in [3.8, 4) is 0 Å². The third-order valence-electron chi connectivity index (χ3n) is 3.30. The van der Waals surface area contributed by atoms with Crippen molar-refractivity contribution in [1.82, 2.24) is 14.9 Å². The number of nitrogens with zero attached hydrogens (tertiary/aromatic N) is 2. The van der Waals surface area contributed by atoms with Crippen LogP contribution in [0, 0.1) is 11.6 Å². The zero-order valence-corrected chi connectivity index (χ0v) is 10.4. The Kier molecular flexibility index (Phi) is 3.29. The number of imidazole rings is 1. The van der Waals surface area contributed by atoms with Crippen molar-refractivity contribution in [2.24, 2.45) is 0 Å². The molecule has 100 valence electrons. The number of benzene rings is 1. The van der Waals surface area contributed by atoms with Gasteiger partial charge in [-0.1, -0.05) is 6.07 Å². The van der Waals surface area contributed by atoms with Gasteiger partial charge in [0.15, 0.2) is 0 Å². The van der Waals surface area contributed by atoms with Crippen LogP contribution in [0.5, 0.6) is 0 Å². The molecule has 1 N–H and O–H groups in total. The van der Waals surface area contributed by atoms with Crippen LogP contribution in [0.2, 0.25) is 0 Å². The van der Waals surface area contributed by atoms with Gasteiger partial charge in [-0.3, -0.25) is 0 Å². The van der Waals surface area contributed by atoms with Gasteiger partial charge in [-0.05, 0) is 18.9 Å². The van der Waals surface area contributed by atoms with E-state index in [2.05, 4.69) is 10.3 Å². The molecular formula is C14H15F2N3. The molecule has 1 aliphatic carbocycles. The second-order valence-electron chi connectivity index (χ2n) is 4.90. The smallest absolute Gasteiger partial charge is 0.131 e. The molecule has 5 heteroatoms. The lowest BCUT2D eigenvalue weighted by atomic mass is 10.2. The Balaban J connectivity index is 1.73. The molecule has 1 saturated carbocycles. The minimum Gasteiger partial charge on any atom is -0.329 e. The molecule has 2 aromatic rings. The molecule has 0 bridgehead atoms. The van der Waals surface area contributed by atoms with Crippen LogP contribution in [0.25, 0.3) is 0 Å². The molecule has 0 saturated heterocycles. The molecule has 1 heterocycles. The SMILES string of the molecule is Fc1ccc(Cn2cncc2CNC2CC2)c(F)c1. The van der Waals surface area contributed by atoms with Gasteiger partial charge in [0.2, 0.25) is 0 Å². The molecule has 0 aliphatic heterocycles. The van der Waals surface area contributed by atoms with Crippen LogP contribution in [0.3, 0.4) is 0 Å². The maximum atomic E-state index is 13.6. The number of hydrogen-bond donors (Lipinski definition) is 1. The number of aromatic nitrogens is 2. The monoisotopic (exact) mass is 263 g/mol. The van der Waals surface area contributed by atoms with Gasteiger partial charge < -0.3 is 9.88 Å². The number of nitrogens with one attached hydrogen (secondary N) is 1. The van der Waals surface area contributed by atoms with E-state index in [1.54, 1.807) is 12.5 Å². The summed E-state index contributed by atoms with van der Waals surface area (Å²) in [5, 5.41) is 3.39. The summed E-state index contributed by atoms with van der Waals surface area (Å²) in [6.45, 7) is 1.10. The van der Waals surface area contributed by atoms with Gasteiger partial charge in [0, 0.05) is 30.4 Å². The maximum absolute atomic E-state index is 13.6. The minimum atomic E-state index is -0.553. The Bertz CT molecular complexity index is 576. The highest BCUT2D eigenvalue weighted by atomic mass is 19.1. The van der Waals surface area contributed by atoms with E-state index in [0.29, 0.717) is 18.2 Å². The average Bonchev–Trinajstić information content (AvgIpc) is 3.11. The minimum absolute atomic E-state index is 0.369. The summed E-state index contributed by atoms with van der Waals surface area (Å²) in [6, 6.07) is 4.28. The summed E-state index contributed by atoms with van der Waals surface area (Å²) >= 11 is 0.